The molecule has 30 heavy (non-hydrogen) atoms. The van der Waals surface area contributed by atoms with Crippen molar-refractivity contribution in [2.75, 3.05) is 6.61 Å². The highest BCUT2D eigenvalue weighted by Gasteiger charge is 2.18. The molecule has 0 aliphatic carbocycles. The SMILES string of the molecule is Cc1cc(C(=O)COC(=O)C=Cc2ccco2)c(C)n1-c1ccc(OC(F)F)cc1. The Bertz CT molecular complexity index is 1050. The number of Topliss-reactive ketones (excluding diaryl/α,β-unsaturated/α-hetero) is 1. The van der Waals surface area contributed by atoms with Gasteiger partial charge < -0.3 is 18.5 Å². The molecule has 0 aliphatic rings. The number of hydrogen-bond donors (Lipinski definition) is 0. The van der Waals surface area contributed by atoms with Crippen molar-refractivity contribution in [3.8, 4) is 11.4 Å². The van der Waals surface area contributed by atoms with Crippen LogP contribution < -0.4 is 4.74 Å². The lowest BCUT2D eigenvalue weighted by atomic mass is 10.1. The Balaban J connectivity index is 1.68. The van der Waals surface area contributed by atoms with E-state index in [-0.39, 0.29) is 11.5 Å². The second-order valence-electron chi connectivity index (χ2n) is 6.37. The van der Waals surface area contributed by atoms with Crippen molar-refractivity contribution in [3.63, 3.8) is 0 Å². The van der Waals surface area contributed by atoms with Gasteiger partial charge in [-0.3, -0.25) is 4.79 Å². The minimum atomic E-state index is -2.90. The van der Waals surface area contributed by atoms with Crippen molar-refractivity contribution >= 4 is 17.8 Å². The number of esters is 1. The number of benzene rings is 1. The highest BCUT2D eigenvalue weighted by atomic mass is 19.3. The normalized spacial score (nSPS) is 11.2. The largest absolute Gasteiger partial charge is 0.465 e. The monoisotopic (exact) mass is 415 g/mol. The van der Waals surface area contributed by atoms with Gasteiger partial charge in [-0.05, 0) is 62.4 Å². The predicted octanol–water partition coefficient (Wildman–Crippen LogP) is 4.73. The first-order chi connectivity index (χ1) is 14.3. The van der Waals surface area contributed by atoms with Crippen LogP contribution in [-0.4, -0.2) is 29.5 Å². The Kier molecular flexibility index (Phi) is 6.46. The lowest BCUT2D eigenvalue weighted by Crippen LogP contribution is -2.13. The maximum Gasteiger partial charge on any atom is 0.387 e. The van der Waals surface area contributed by atoms with Crippen LogP contribution in [0, 0.1) is 13.8 Å². The number of rotatable bonds is 8. The van der Waals surface area contributed by atoms with Crippen molar-refractivity contribution < 1.29 is 32.3 Å². The lowest BCUT2D eigenvalue weighted by Gasteiger charge is -2.11. The molecule has 0 amide bonds. The van der Waals surface area contributed by atoms with Crippen LogP contribution in [0.4, 0.5) is 8.78 Å². The molecule has 0 spiro atoms. The van der Waals surface area contributed by atoms with E-state index in [2.05, 4.69) is 4.74 Å². The molecule has 0 atom stereocenters. The molecule has 1 aromatic carbocycles. The average molecular weight is 415 g/mol. The van der Waals surface area contributed by atoms with Crippen LogP contribution in [0.5, 0.6) is 5.75 Å². The number of aryl methyl sites for hydroxylation is 1. The molecule has 0 N–H and O–H groups in total. The molecule has 0 bridgehead atoms. The molecule has 0 saturated carbocycles. The minimum absolute atomic E-state index is 0.0435. The smallest absolute Gasteiger partial charge is 0.387 e. The van der Waals surface area contributed by atoms with Gasteiger partial charge in [0, 0.05) is 28.7 Å². The first kappa shape index (κ1) is 21.0. The zero-order chi connectivity index (χ0) is 21.7. The summed E-state index contributed by atoms with van der Waals surface area (Å²) in [4.78, 5) is 24.3. The summed E-state index contributed by atoms with van der Waals surface area (Å²) in [6, 6.07) is 11.1. The summed E-state index contributed by atoms with van der Waals surface area (Å²) < 4.78 is 40.8. The van der Waals surface area contributed by atoms with E-state index in [1.807, 2.05) is 6.92 Å². The van der Waals surface area contributed by atoms with Gasteiger partial charge >= 0.3 is 12.6 Å². The third-order valence-electron chi connectivity index (χ3n) is 4.32. The number of nitrogens with zero attached hydrogens (tertiary/aromatic N) is 1. The molecule has 3 rings (SSSR count). The van der Waals surface area contributed by atoms with E-state index in [4.69, 9.17) is 9.15 Å². The van der Waals surface area contributed by atoms with Crippen molar-refractivity contribution in [1.29, 1.82) is 0 Å². The summed E-state index contributed by atoms with van der Waals surface area (Å²) in [5.41, 5.74) is 2.50. The van der Waals surface area contributed by atoms with Gasteiger partial charge in [-0.2, -0.15) is 8.78 Å². The average Bonchev–Trinajstić information content (AvgIpc) is 3.33. The maximum atomic E-state index is 12.5. The molecular weight excluding hydrogens is 396 g/mol. The van der Waals surface area contributed by atoms with E-state index < -0.39 is 19.2 Å². The van der Waals surface area contributed by atoms with Crippen LogP contribution in [0.25, 0.3) is 11.8 Å². The first-order valence-electron chi connectivity index (χ1n) is 9.01. The van der Waals surface area contributed by atoms with E-state index in [0.717, 1.165) is 5.69 Å². The highest BCUT2D eigenvalue weighted by molar-refractivity contribution is 6.00. The Morgan fingerprint density at radius 3 is 2.53 bits per heavy atom. The molecular formula is C22H19F2NO5. The zero-order valence-corrected chi connectivity index (χ0v) is 16.3. The highest BCUT2D eigenvalue weighted by Crippen LogP contribution is 2.24. The second-order valence-corrected chi connectivity index (χ2v) is 6.37. The van der Waals surface area contributed by atoms with Crippen LogP contribution in [0.2, 0.25) is 0 Å². The Morgan fingerprint density at radius 1 is 1.17 bits per heavy atom. The Morgan fingerprint density at radius 2 is 1.90 bits per heavy atom. The molecule has 0 aliphatic heterocycles. The summed E-state index contributed by atoms with van der Waals surface area (Å²) in [6.45, 7) is 0.257. The number of ketones is 1. The van der Waals surface area contributed by atoms with Gasteiger partial charge in [0.25, 0.3) is 0 Å². The Hall–Kier alpha value is -3.68. The third-order valence-corrected chi connectivity index (χ3v) is 4.32. The van der Waals surface area contributed by atoms with E-state index >= 15 is 0 Å². The molecule has 0 radical (unpaired) electrons. The van der Waals surface area contributed by atoms with Crippen molar-refractivity contribution in [3.05, 3.63) is 77.5 Å². The molecule has 0 fully saturated rings. The van der Waals surface area contributed by atoms with Crippen molar-refractivity contribution in [2.45, 2.75) is 20.5 Å². The number of ether oxygens (including phenoxy) is 2. The van der Waals surface area contributed by atoms with Gasteiger partial charge in [-0.25, -0.2) is 4.79 Å². The van der Waals surface area contributed by atoms with Gasteiger partial charge in [0.1, 0.15) is 11.5 Å². The van der Waals surface area contributed by atoms with Crippen LogP contribution in [0.1, 0.15) is 27.5 Å². The van der Waals surface area contributed by atoms with Crippen LogP contribution >= 0.6 is 0 Å². The van der Waals surface area contributed by atoms with Gasteiger partial charge in [0.15, 0.2) is 6.61 Å². The molecule has 156 valence electrons. The van der Waals surface area contributed by atoms with Gasteiger partial charge in [-0.15, -0.1) is 0 Å². The minimum Gasteiger partial charge on any atom is -0.465 e. The molecule has 2 aromatic heterocycles. The number of carbonyl (C=O) groups is 2. The van der Waals surface area contributed by atoms with E-state index in [0.29, 0.717) is 22.7 Å². The summed E-state index contributed by atoms with van der Waals surface area (Å²) in [6.07, 6.45) is 4.10. The standard InChI is InChI=1S/C22H19F2NO5/c1-14-12-19(20(26)13-29-21(27)10-9-17-4-3-11-28-17)15(2)25(14)16-5-7-18(8-6-16)30-22(23)24/h3-12,22H,13H2,1-2H3. The second kappa shape index (κ2) is 9.21. The van der Waals surface area contributed by atoms with E-state index in [9.17, 15) is 18.4 Å². The van der Waals surface area contributed by atoms with Crippen LogP contribution in [0.15, 0.2) is 59.2 Å². The molecule has 8 heteroatoms. The van der Waals surface area contributed by atoms with E-state index in [1.165, 1.54) is 30.5 Å². The first-order valence-corrected chi connectivity index (χ1v) is 9.01. The summed E-state index contributed by atoms with van der Waals surface area (Å²) >= 11 is 0. The topological polar surface area (TPSA) is 70.7 Å². The van der Waals surface area contributed by atoms with Crippen LogP contribution in [0.3, 0.4) is 0 Å². The molecule has 6 nitrogen and oxygen atoms in total. The lowest BCUT2D eigenvalue weighted by molar-refractivity contribution is -0.136. The van der Waals surface area contributed by atoms with Gasteiger partial charge in [0.05, 0.1) is 6.26 Å². The van der Waals surface area contributed by atoms with Gasteiger partial charge in [0.2, 0.25) is 5.78 Å². The fourth-order valence-corrected chi connectivity index (χ4v) is 3.02. The number of halogens is 2. The maximum absolute atomic E-state index is 12.5. The third kappa shape index (κ3) is 5.02. The summed E-state index contributed by atoms with van der Waals surface area (Å²) in [5, 5.41) is 0. The fourth-order valence-electron chi connectivity index (χ4n) is 3.02. The van der Waals surface area contributed by atoms with E-state index in [1.54, 1.807) is 41.8 Å². The van der Waals surface area contributed by atoms with Crippen LogP contribution in [-0.2, 0) is 9.53 Å². The molecule has 3 aromatic rings. The molecule has 0 saturated heterocycles. The Labute approximate surface area is 171 Å². The predicted molar refractivity (Wildman–Crippen MR) is 105 cm³/mol. The molecule has 0 unspecified atom stereocenters. The fraction of sp³-hybridized carbons (Fsp3) is 0.182. The summed E-state index contributed by atoms with van der Waals surface area (Å²) in [5.74, 6) is -0.483. The number of alkyl halides is 2. The van der Waals surface area contributed by atoms with Gasteiger partial charge in [-0.1, -0.05) is 0 Å². The number of hydrogen-bond acceptors (Lipinski definition) is 5. The van der Waals surface area contributed by atoms with Crippen molar-refractivity contribution in [2.24, 2.45) is 0 Å². The molecule has 2 heterocycles. The zero-order valence-electron chi connectivity index (χ0n) is 16.3. The quantitative estimate of drug-likeness (QED) is 0.302. The summed E-state index contributed by atoms with van der Waals surface area (Å²) in [7, 11) is 0. The van der Waals surface area contributed by atoms with Crippen molar-refractivity contribution in [1.82, 2.24) is 4.57 Å². The number of furan rings is 1. The number of aromatic nitrogens is 1. The number of carbonyl (C=O) groups excluding carboxylic acids is 2.